The van der Waals surface area contributed by atoms with Crippen molar-refractivity contribution in [2.24, 2.45) is 0 Å². The number of non-ortho nitro benzene ring substituents is 1. The van der Waals surface area contributed by atoms with Crippen LogP contribution in [0.25, 0.3) is 0 Å². The molecule has 0 amide bonds. The number of nitro groups is 1. The molecule has 0 fully saturated rings. The zero-order chi connectivity index (χ0) is 16.8. The summed E-state index contributed by atoms with van der Waals surface area (Å²) in [6, 6.07) is 10.4. The Balaban J connectivity index is 2.09. The normalized spacial score (nSPS) is 10.4. The van der Waals surface area contributed by atoms with Gasteiger partial charge in [-0.25, -0.2) is 0 Å². The van der Waals surface area contributed by atoms with E-state index in [4.69, 9.17) is 4.74 Å². The zero-order valence-electron chi connectivity index (χ0n) is 12.5. The number of nitro benzene ring substituents is 1. The monoisotopic (exact) mass is 442 g/mol. The number of hydrogen-bond donors (Lipinski definition) is 1. The van der Waals surface area contributed by atoms with Gasteiger partial charge in [-0.3, -0.25) is 10.1 Å². The summed E-state index contributed by atoms with van der Waals surface area (Å²) < 4.78 is 7.43. The number of ether oxygens (including phenoxy) is 1. The van der Waals surface area contributed by atoms with Gasteiger partial charge in [0.25, 0.3) is 5.69 Å². The van der Waals surface area contributed by atoms with Gasteiger partial charge < -0.3 is 10.1 Å². The minimum Gasteiger partial charge on any atom is -0.491 e. The smallest absolute Gasteiger partial charge is 0.271 e. The molecule has 7 heteroatoms. The van der Waals surface area contributed by atoms with Gasteiger partial charge in [0.2, 0.25) is 0 Å². The molecule has 0 atom stereocenters. The van der Waals surface area contributed by atoms with Crippen molar-refractivity contribution >= 4 is 43.2 Å². The number of benzene rings is 2. The third kappa shape index (κ3) is 4.94. The Morgan fingerprint density at radius 1 is 1.22 bits per heavy atom. The number of nitrogens with zero attached hydrogens (tertiary/aromatic N) is 1. The van der Waals surface area contributed by atoms with E-state index in [1.54, 1.807) is 12.1 Å². The van der Waals surface area contributed by atoms with Crippen LogP contribution in [0.3, 0.4) is 0 Å². The minimum atomic E-state index is -0.405. The molecule has 122 valence electrons. The second-order valence-electron chi connectivity index (χ2n) is 4.90. The van der Waals surface area contributed by atoms with Crippen LogP contribution in [0.15, 0.2) is 45.3 Å². The van der Waals surface area contributed by atoms with Crippen molar-refractivity contribution in [3.8, 4) is 5.75 Å². The first kappa shape index (κ1) is 17.7. The van der Waals surface area contributed by atoms with E-state index in [-0.39, 0.29) is 5.69 Å². The van der Waals surface area contributed by atoms with Gasteiger partial charge in [-0.2, -0.15) is 0 Å². The number of anilines is 1. The van der Waals surface area contributed by atoms with E-state index in [1.165, 1.54) is 12.1 Å². The van der Waals surface area contributed by atoms with Gasteiger partial charge in [-0.05, 0) is 62.0 Å². The molecule has 0 unspecified atom stereocenters. The fraction of sp³-hybridized carbons (Fsp3) is 0.250. The quantitative estimate of drug-likeness (QED) is 0.451. The van der Waals surface area contributed by atoms with Crippen LogP contribution in [-0.2, 0) is 6.54 Å². The molecule has 0 heterocycles. The highest BCUT2D eigenvalue weighted by atomic mass is 79.9. The van der Waals surface area contributed by atoms with E-state index >= 15 is 0 Å². The first-order valence-corrected chi connectivity index (χ1v) is 8.69. The number of nitrogens with one attached hydrogen (secondary N) is 1. The van der Waals surface area contributed by atoms with Crippen molar-refractivity contribution in [3.05, 3.63) is 61.0 Å². The van der Waals surface area contributed by atoms with Crippen LogP contribution in [0.5, 0.6) is 5.75 Å². The fourth-order valence-electron chi connectivity index (χ4n) is 1.99. The standard InChI is InChI=1S/C16H16Br2N2O3/c1-2-6-23-16-14(17)7-11(8-15(16)18)10-19-12-4-3-5-13(9-12)20(21)22/h3-5,7-9,19H,2,6,10H2,1H3. The molecule has 0 bridgehead atoms. The van der Waals surface area contributed by atoms with Crippen molar-refractivity contribution in [3.63, 3.8) is 0 Å². The molecule has 0 saturated carbocycles. The van der Waals surface area contributed by atoms with Crippen molar-refractivity contribution in [1.82, 2.24) is 0 Å². The van der Waals surface area contributed by atoms with Gasteiger partial charge in [0.05, 0.1) is 20.5 Å². The Bertz CT molecular complexity index is 684. The average Bonchev–Trinajstić information content (AvgIpc) is 2.52. The predicted octanol–water partition coefficient (Wildman–Crippen LogP) is 5.52. The van der Waals surface area contributed by atoms with Gasteiger partial charge in [0.15, 0.2) is 0 Å². The molecule has 5 nitrogen and oxygen atoms in total. The van der Waals surface area contributed by atoms with E-state index in [2.05, 4.69) is 44.1 Å². The van der Waals surface area contributed by atoms with E-state index in [0.717, 1.165) is 26.7 Å². The third-order valence-electron chi connectivity index (χ3n) is 3.06. The molecule has 23 heavy (non-hydrogen) atoms. The Morgan fingerprint density at radius 3 is 2.52 bits per heavy atom. The highest BCUT2D eigenvalue weighted by Gasteiger charge is 2.10. The van der Waals surface area contributed by atoms with Crippen LogP contribution in [0.4, 0.5) is 11.4 Å². The molecule has 2 rings (SSSR count). The molecular weight excluding hydrogens is 428 g/mol. The van der Waals surface area contributed by atoms with Crippen LogP contribution in [0.2, 0.25) is 0 Å². The summed E-state index contributed by atoms with van der Waals surface area (Å²) in [4.78, 5) is 10.4. The molecule has 0 aliphatic carbocycles. The predicted molar refractivity (Wildman–Crippen MR) is 98.1 cm³/mol. The van der Waals surface area contributed by atoms with Gasteiger partial charge in [0, 0.05) is 24.4 Å². The van der Waals surface area contributed by atoms with E-state index < -0.39 is 4.92 Å². The summed E-state index contributed by atoms with van der Waals surface area (Å²) in [7, 11) is 0. The third-order valence-corrected chi connectivity index (χ3v) is 4.24. The lowest BCUT2D eigenvalue weighted by molar-refractivity contribution is -0.384. The first-order valence-electron chi connectivity index (χ1n) is 7.10. The largest absolute Gasteiger partial charge is 0.491 e. The SMILES string of the molecule is CCCOc1c(Br)cc(CNc2cccc([N+](=O)[O-])c2)cc1Br. The Hall–Kier alpha value is -1.60. The topological polar surface area (TPSA) is 64.4 Å². The van der Waals surface area contributed by atoms with E-state index in [0.29, 0.717) is 18.8 Å². The van der Waals surface area contributed by atoms with Gasteiger partial charge in [-0.1, -0.05) is 13.0 Å². The highest BCUT2D eigenvalue weighted by Crippen LogP contribution is 2.35. The maximum Gasteiger partial charge on any atom is 0.271 e. The number of halogens is 2. The number of rotatable bonds is 7. The summed E-state index contributed by atoms with van der Waals surface area (Å²) >= 11 is 7.03. The lowest BCUT2D eigenvalue weighted by Gasteiger charge is -2.12. The summed E-state index contributed by atoms with van der Waals surface area (Å²) in [5.41, 5.74) is 1.80. The van der Waals surface area contributed by atoms with Gasteiger partial charge >= 0.3 is 0 Å². The van der Waals surface area contributed by atoms with Crippen molar-refractivity contribution < 1.29 is 9.66 Å². The average molecular weight is 444 g/mol. The van der Waals surface area contributed by atoms with Gasteiger partial charge in [-0.15, -0.1) is 0 Å². The van der Waals surface area contributed by atoms with Crippen molar-refractivity contribution in [2.75, 3.05) is 11.9 Å². The molecule has 0 aromatic heterocycles. The first-order chi connectivity index (χ1) is 11.0. The summed E-state index contributed by atoms with van der Waals surface area (Å²) in [5.74, 6) is 0.783. The molecule has 0 saturated heterocycles. The summed E-state index contributed by atoms with van der Waals surface area (Å²) in [6.07, 6.45) is 0.939. The van der Waals surface area contributed by atoms with E-state index in [1.807, 2.05) is 12.1 Å². The molecule has 2 aromatic carbocycles. The van der Waals surface area contributed by atoms with Crippen molar-refractivity contribution in [2.45, 2.75) is 19.9 Å². The fourth-order valence-corrected chi connectivity index (χ4v) is 3.50. The lowest BCUT2D eigenvalue weighted by Crippen LogP contribution is -2.02. The maximum atomic E-state index is 10.8. The Labute approximate surface area is 151 Å². The van der Waals surface area contributed by atoms with Crippen LogP contribution in [-0.4, -0.2) is 11.5 Å². The lowest BCUT2D eigenvalue weighted by atomic mass is 10.2. The molecule has 0 radical (unpaired) electrons. The molecular formula is C16H16Br2N2O3. The Morgan fingerprint density at radius 2 is 1.91 bits per heavy atom. The molecule has 0 spiro atoms. The molecule has 0 aliphatic heterocycles. The van der Waals surface area contributed by atoms with Crippen LogP contribution in [0, 0.1) is 10.1 Å². The number of hydrogen-bond acceptors (Lipinski definition) is 4. The van der Waals surface area contributed by atoms with Gasteiger partial charge in [0.1, 0.15) is 5.75 Å². The summed E-state index contributed by atoms with van der Waals surface area (Å²) in [5, 5.41) is 14.0. The summed E-state index contributed by atoms with van der Waals surface area (Å²) in [6.45, 7) is 3.26. The second-order valence-corrected chi connectivity index (χ2v) is 6.61. The van der Waals surface area contributed by atoms with Crippen LogP contribution < -0.4 is 10.1 Å². The minimum absolute atomic E-state index is 0.0701. The molecule has 2 aromatic rings. The molecule has 1 N–H and O–H groups in total. The second kappa shape index (κ2) is 8.31. The van der Waals surface area contributed by atoms with E-state index in [9.17, 15) is 10.1 Å². The Kier molecular flexibility index (Phi) is 6.41. The van der Waals surface area contributed by atoms with Crippen molar-refractivity contribution in [1.29, 1.82) is 0 Å². The maximum absolute atomic E-state index is 10.8. The highest BCUT2D eigenvalue weighted by molar-refractivity contribution is 9.11. The van der Waals surface area contributed by atoms with Crippen LogP contribution in [0.1, 0.15) is 18.9 Å². The van der Waals surface area contributed by atoms with Crippen LogP contribution >= 0.6 is 31.9 Å². The zero-order valence-corrected chi connectivity index (χ0v) is 15.7. The molecule has 0 aliphatic rings.